The topological polar surface area (TPSA) is 87.9 Å². The minimum Gasteiger partial charge on any atom is -0.369 e. The number of aromatic amines is 1. The van der Waals surface area contributed by atoms with Crippen LogP contribution in [0.15, 0.2) is 41.2 Å². The first-order chi connectivity index (χ1) is 12.6. The predicted octanol–water partition coefficient (Wildman–Crippen LogP) is 2.38. The highest BCUT2D eigenvalue weighted by Crippen LogP contribution is 2.44. The lowest BCUT2D eigenvalue weighted by Crippen LogP contribution is -2.42. The number of anilines is 2. The van der Waals surface area contributed by atoms with Crippen LogP contribution in [0, 0.1) is 0 Å². The highest BCUT2D eigenvalue weighted by Gasteiger charge is 2.44. The molecule has 1 saturated heterocycles. The van der Waals surface area contributed by atoms with Crippen molar-refractivity contribution in [1.29, 1.82) is 0 Å². The first kappa shape index (κ1) is 15.4. The van der Waals surface area contributed by atoms with Gasteiger partial charge < -0.3 is 10.6 Å². The lowest BCUT2D eigenvalue weighted by atomic mass is 9.76. The largest absolute Gasteiger partial charge is 0.369 e. The number of nitrogen functional groups attached to an aromatic ring is 1. The molecule has 1 aliphatic carbocycles. The average Bonchev–Trinajstić information content (AvgIpc) is 3.00. The second kappa shape index (κ2) is 5.56. The van der Waals surface area contributed by atoms with Gasteiger partial charge in [-0.15, -0.1) is 0 Å². The molecule has 3 aromatic rings. The molecule has 6 nitrogen and oxygen atoms in total. The SMILES string of the molecule is Nc1nc2c(c(=O)[nH]1)CCC21CCN(c2ccc3ccccc3n2)CC1. The molecule has 0 bridgehead atoms. The zero-order chi connectivity index (χ0) is 17.7. The van der Waals surface area contributed by atoms with Gasteiger partial charge in [0.15, 0.2) is 0 Å². The molecule has 0 radical (unpaired) electrons. The van der Waals surface area contributed by atoms with Crippen molar-refractivity contribution in [3.63, 3.8) is 0 Å². The van der Waals surface area contributed by atoms with Crippen molar-refractivity contribution in [2.75, 3.05) is 23.7 Å². The zero-order valence-electron chi connectivity index (χ0n) is 14.5. The van der Waals surface area contributed by atoms with Gasteiger partial charge in [-0.1, -0.05) is 18.2 Å². The number of hydrogen-bond acceptors (Lipinski definition) is 5. The summed E-state index contributed by atoms with van der Waals surface area (Å²) in [6.45, 7) is 1.83. The van der Waals surface area contributed by atoms with Gasteiger partial charge in [-0.2, -0.15) is 0 Å². The number of H-pyrrole nitrogens is 1. The molecule has 0 unspecified atom stereocenters. The summed E-state index contributed by atoms with van der Waals surface area (Å²) in [5, 5.41) is 1.16. The third kappa shape index (κ3) is 2.29. The highest BCUT2D eigenvalue weighted by molar-refractivity contribution is 5.80. The Morgan fingerprint density at radius 2 is 1.85 bits per heavy atom. The van der Waals surface area contributed by atoms with Crippen LogP contribution in [0.5, 0.6) is 0 Å². The van der Waals surface area contributed by atoms with Crippen LogP contribution in [0.2, 0.25) is 0 Å². The smallest absolute Gasteiger partial charge is 0.255 e. The number of aromatic nitrogens is 3. The van der Waals surface area contributed by atoms with Crippen molar-refractivity contribution in [2.45, 2.75) is 31.1 Å². The number of rotatable bonds is 1. The number of fused-ring (bicyclic) bond motifs is 3. The van der Waals surface area contributed by atoms with E-state index < -0.39 is 0 Å². The molecule has 2 aromatic heterocycles. The first-order valence-electron chi connectivity index (χ1n) is 9.15. The van der Waals surface area contributed by atoms with Crippen molar-refractivity contribution in [1.82, 2.24) is 15.0 Å². The van der Waals surface area contributed by atoms with Crippen molar-refractivity contribution >= 4 is 22.7 Å². The quantitative estimate of drug-likeness (QED) is 0.706. The molecule has 0 saturated carbocycles. The molecular formula is C20H21N5O. The van der Waals surface area contributed by atoms with Gasteiger partial charge in [0.05, 0.1) is 11.2 Å². The second-order valence-corrected chi connectivity index (χ2v) is 7.41. The minimum absolute atomic E-state index is 0.00887. The van der Waals surface area contributed by atoms with Crippen LogP contribution >= 0.6 is 0 Å². The van der Waals surface area contributed by atoms with Gasteiger partial charge >= 0.3 is 0 Å². The fourth-order valence-electron chi connectivity index (χ4n) is 4.55. The summed E-state index contributed by atoms with van der Waals surface area (Å²) >= 11 is 0. The van der Waals surface area contributed by atoms with Crippen molar-refractivity contribution in [3.05, 3.63) is 58.0 Å². The van der Waals surface area contributed by atoms with Crippen molar-refractivity contribution in [2.24, 2.45) is 0 Å². The molecule has 3 heterocycles. The van der Waals surface area contributed by atoms with Crippen LogP contribution < -0.4 is 16.2 Å². The number of piperidine rings is 1. The maximum Gasteiger partial charge on any atom is 0.255 e. The van der Waals surface area contributed by atoms with Gasteiger partial charge in [-0.05, 0) is 43.9 Å². The Hall–Kier alpha value is -2.89. The molecule has 1 fully saturated rings. The van der Waals surface area contributed by atoms with Crippen LogP contribution in [-0.2, 0) is 11.8 Å². The van der Waals surface area contributed by atoms with E-state index in [1.54, 1.807) is 0 Å². The van der Waals surface area contributed by atoms with E-state index in [0.29, 0.717) is 0 Å². The normalized spacial score (nSPS) is 18.4. The average molecular weight is 347 g/mol. The number of nitrogens with two attached hydrogens (primary N) is 1. The standard InChI is InChI=1S/C20H21N5O/c21-19-23-17-14(18(26)24-19)7-8-20(17)9-11-25(12-10-20)16-6-5-13-3-1-2-4-15(13)22-16/h1-6H,7-12H2,(H3,21,23,24,26). The van der Waals surface area contributed by atoms with Crippen LogP contribution in [-0.4, -0.2) is 28.0 Å². The molecule has 3 N–H and O–H groups in total. The summed E-state index contributed by atoms with van der Waals surface area (Å²) in [7, 11) is 0. The lowest BCUT2D eigenvalue weighted by Gasteiger charge is -2.40. The Bertz CT molecular complexity index is 1050. The van der Waals surface area contributed by atoms with Crippen LogP contribution in [0.3, 0.4) is 0 Å². The molecule has 6 heteroatoms. The molecule has 0 atom stereocenters. The summed E-state index contributed by atoms with van der Waals surface area (Å²) in [4.78, 5) is 26.5. The molecule has 2 aliphatic rings. The molecule has 132 valence electrons. The Morgan fingerprint density at radius 3 is 2.69 bits per heavy atom. The summed E-state index contributed by atoms with van der Waals surface area (Å²) in [6.07, 6.45) is 3.74. The number of hydrogen-bond donors (Lipinski definition) is 2. The van der Waals surface area contributed by atoms with E-state index in [9.17, 15) is 4.79 Å². The van der Waals surface area contributed by atoms with Gasteiger partial charge in [0.25, 0.3) is 5.56 Å². The summed E-state index contributed by atoms with van der Waals surface area (Å²) in [5.74, 6) is 1.25. The first-order valence-corrected chi connectivity index (χ1v) is 9.15. The number of nitrogens with zero attached hydrogens (tertiary/aromatic N) is 3. The van der Waals surface area contributed by atoms with E-state index in [4.69, 9.17) is 10.7 Å². The highest BCUT2D eigenvalue weighted by atomic mass is 16.1. The van der Waals surface area contributed by atoms with Crippen molar-refractivity contribution in [3.8, 4) is 0 Å². The maximum atomic E-state index is 12.2. The molecule has 5 rings (SSSR count). The molecule has 1 aromatic carbocycles. The van der Waals surface area contributed by atoms with Gasteiger partial charge in [0, 0.05) is 29.5 Å². The van der Waals surface area contributed by atoms with Gasteiger partial charge in [-0.3, -0.25) is 9.78 Å². The van der Waals surface area contributed by atoms with Gasteiger partial charge in [0.2, 0.25) is 5.95 Å². The Kier molecular flexibility index (Phi) is 3.29. The number of nitrogens with one attached hydrogen (secondary N) is 1. The number of benzene rings is 1. The van der Waals surface area contributed by atoms with Crippen molar-refractivity contribution < 1.29 is 0 Å². The van der Waals surface area contributed by atoms with Gasteiger partial charge in [0.1, 0.15) is 5.82 Å². The fourth-order valence-corrected chi connectivity index (χ4v) is 4.55. The maximum absolute atomic E-state index is 12.2. The summed E-state index contributed by atoms with van der Waals surface area (Å²) < 4.78 is 0. The monoisotopic (exact) mass is 347 g/mol. The predicted molar refractivity (Wildman–Crippen MR) is 102 cm³/mol. The minimum atomic E-state index is -0.0667. The third-order valence-corrected chi connectivity index (χ3v) is 6.02. The summed E-state index contributed by atoms with van der Waals surface area (Å²) in [5.41, 5.74) is 8.52. The fraction of sp³-hybridized carbons (Fsp3) is 0.350. The van der Waals surface area contributed by atoms with Crippen LogP contribution in [0.4, 0.5) is 11.8 Å². The second-order valence-electron chi connectivity index (χ2n) is 7.41. The van der Waals surface area contributed by atoms with E-state index >= 15 is 0 Å². The molecule has 1 spiro atoms. The zero-order valence-corrected chi connectivity index (χ0v) is 14.5. The Labute approximate surface area is 151 Å². The lowest BCUT2D eigenvalue weighted by molar-refractivity contribution is 0.322. The van der Waals surface area contributed by atoms with Gasteiger partial charge in [-0.25, -0.2) is 9.97 Å². The number of pyridine rings is 1. The molecule has 26 heavy (non-hydrogen) atoms. The van der Waals surface area contributed by atoms with Crippen LogP contribution in [0.25, 0.3) is 10.9 Å². The Morgan fingerprint density at radius 1 is 1.04 bits per heavy atom. The number of para-hydroxylation sites is 1. The molecular weight excluding hydrogens is 326 g/mol. The summed E-state index contributed by atoms with van der Waals surface area (Å²) in [6, 6.07) is 12.4. The van der Waals surface area contributed by atoms with E-state index in [-0.39, 0.29) is 16.9 Å². The van der Waals surface area contributed by atoms with E-state index in [2.05, 4.69) is 39.1 Å². The molecule has 0 amide bonds. The third-order valence-electron chi connectivity index (χ3n) is 6.02. The molecule has 1 aliphatic heterocycles. The van der Waals surface area contributed by atoms with Crippen LogP contribution in [0.1, 0.15) is 30.5 Å². The van der Waals surface area contributed by atoms with E-state index in [0.717, 1.165) is 66.8 Å². The Balaban J connectivity index is 1.43. The van der Waals surface area contributed by atoms with E-state index in [1.165, 1.54) is 0 Å². The van der Waals surface area contributed by atoms with E-state index in [1.807, 2.05) is 12.1 Å².